The first-order valence-electron chi connectivity index (χ1n) is 13.4. The molecule has 0 radical (unpaired) electrons. The van der Waals surface area contributed by atoms with Crippen LogP contribution in [0.2, 0.25) is 6.55 Å². The molecule has 7 aromatic rings. The molecule has 0 fully saturated rings. The molecule has 0 spiro atoms. The van der Waals surface area contributed by atoms with Crippen LogP contribution in [-0.2, 0) is 0 Å². The highest BCUT2D eigenvalue weighted by molar-refractivity contribution is 6.88. The van der Waals surface area contributed by atoms with Gasteiger partial charge in [-0.3, -0.25) is 0 Å². The van der Waals surface area contributed by atoms with E-state index in [0.29, 0.717) is 0 Å². The van der Waals surface area contributed by atoms with E-state index in [-0.39, 0.29) is 0 Å². The Morgan fingerprint density at radius 1 is 0.590 bits per heavy atom. The smallest absolute Gasteiger partial charge is 0.159 e. The summed E-state index contributed by atoms with van der Waals surface area (Å²) in [6, 6.07) is 45.3. The summed E-state index contributed by atoms with van der Waals surface area (Å²) in [5.41, 5.74) is 9.31. The predicted octanol–water partition coefficient (Wildman–Crippen LogP) is 6.86. The van der Waals surface area contributed by atoms with Gasteiger partial charge in [0.1, 0.15) is 8.80 Å². The van der Waals surface area contributed by atoms with Crippen LogP contribution in [0.1, 0.15) is 0 Å². The highest BCUT2D eigenvalue weighted by Crippen LogP contribution is 2.38. The van der Waals surface area contributed by atoms with Crippen LogP contribution in [0.15, 0.2) is 127 Å². The van der Waals surface area contributed by atoms with Crippen LogP contribution in [0.3, 0.4) is 0 Å². The van der Waals surface area contributed by atoms with Crippen molar-refractivity contribution in [2.45, 2.75) is 6.55 Å². The summed E-state index contributed by atoms with van der Waals surface area (Å²) in [5.74, 6) is 0.809. The molecule has 0 saturated heterocycles. The molecule has 1 unspecified atom stereocenters. The van der Waals surface area contributed by atoms with Gasteiger partial charge in [-0.25, -0.2) is 9.97 Å². The maximum atomic E-state index is 5.27. The Hall–Kier alpha value is -4.80. The van der Waals surface area contributed by atoms with Crippen molar-refractivity contribution in [3.8, 4) is 39.5 Å². The van der Waals surface area contributed by atoms with Gasteiger partial charge in [-0.15, -0.1) is 0 Å². The fourth-order valence-electron chi connectivity index (χ4n) is 6.21. The number of benzene rings is 5. The molecule has 3 nitrogen and oxygen atoms in total. The highest BCUT2D eigenvalue weighted by atomic mass is 28.3. The summed E-state index contributed by atoms with van der Waals surface area (Å²) in [5, 5.41) is 5.18. The van der Waals surface area contributed by atoms with Crippen LogP contribution in [0.4, 0.5) is 0 Å². The van der Waals surface area contributed by atoms with Crippen LogP contribution in [0.25, 0.3) is 61.3 Å². The minimum atomic E-state index is -1.43. The Morgan fingerprint density at radius 2 is 1.28 bits per heavy atom. The molecule has 3 heterocycles. The Bertz CT molecular complexity index is 2030. The topological polar surface area (TPSA) is 30.7 Å². The minimum absolute atomic E-state index is 0.809. The molecule has 4 heteroatoms. The van der Waals surface area contributed by atoms with Crippen LogP contribution in [0.5, 0.6) is 0 Å². The number of fused-ring (bicyclic) bond motifs is 6. The van der Waals surface area contributed by atoms with Gasteiger partial charge in [-0.2, -0.15) is 0 Å². The van der Waals surface area contributed by atoms with Gasteiger partial charge in [0.05, 0.1) is 16.7 Å². The molecule has 1 aliphatic rings. The van der Waals surface area contributed by atoms with Crippen LogP contribution in [-0.4, -0.2) is 23.3 Å². The maximum Gasteiger partial charge on any atom is 0.159 e. The number of rotatable bonds is 3. The number of nitrogens with zero attached hydrogens (tertiary/aromatic N) is 3. The summed E-state index contributed by atoms with van der Waals surface area (Å²) in [6.07, 6.45) is 0. The molecule has 8 rings (SSSR count). The van der Waals surface area contributed by atoms with Gasteiger partial charge in [-0.1, -0.05) is 104 Å². The zero-order valence-electron chi connectivity index (χ0n) is 21.5. The molecule has 0 N–H and O–H groups in total. The average molecular weight is 516 g/mol. The van der Waals surface area contributed by atoms with Crippen LogP contribution < -0.4 is 10.5 Å². The summed E-state index contributed by atoms with van der Waals surface area (Å²) in [7, 11) is -1.43. The third-order valence-electron chi connectivity index (χ3n) is 8.04. The van der Waals surface area contributed by atoms with E-state index in [2.05, 4.69) is 132 Å². The van der Waals surface area contributed by atoms with Crippen molar-refractivity contribution in [1.82, 2.24) is 14.5 Å². The lowest BCUT2D eigenvalue weighted by atomic mass is 9.99. The van der Waals surface area contributed by atoms with Crippen molar-refractivity contribution in [2.75, 3.05) is 0 Å². The van der Waals surface area contributed by atoms with Gasteiger partial charge in [0.15, 0.2) is 5.82 Å². The fourth-order valence-corrected chi connectivity index (χ4v) is 8.65. The van der Waals surface area contributed by atoms with Gasteiger partial charge in [0, 0.05) is 38.5 Å². The Labute approximate surface area is 228 Å². The first kappa shape index (κ1) is 22.2. The minimum Gasteiger partial charge on any atom is -0.309 e. The standard InChI is InChI=1S/C35H25N3Si/c1-39-31-19-11-9-17-27(31)32-33(36-34(37-35(32)39)23-12-4-2-5-13-23)24-20-21-30-28(22-24)26-16-8-10-18-29(26)38(30)25-14-6-3-7-15-25/h2-22,39H,1H3. The first-order valence-corrected chi connectivity index (χ1v) is 15.7. The number of aromatic nitrogens is 3. The zero-order valence-corrected chi connectivity index (χ0v) is 22.7. The van der Waals surface area contributed by atoms with Gasteiger partial charge in [0.2, 0.25) is 0 Å². The van der Waals surface area contributed by atoms with Crippen LogP contribution in [0, 0.1) is 0 Å². The lowest BCUT2D eigenvalue weighted by Gasteiger charge is -2.13. The lowest BCUT2D eigenvalue weighted by molar-refractivity contribution is 1.18. The SMILES string of the molecule is C[SiH]1c2ccccc2-c2c(-c3ccc4c(c3)c3ccccc3n4-c3ccccc3)nc(-c3ccccc3)nc21. The second-order valence-electron chi connectivity index (χ2n) is 10.3. The number of para-hydroxylation sites is 2. The maximum absolute atomic E-state index is 5.27. The molecule has 5 aromatic carbocycles. The molecule has 1 atom stereocenters. The van der Waals surface area contributed by atoms with E-state index < -0.39 is 8.80 Å². The average Bonchev–Trinajstić information content (AvgIpc) is 3.49. The van der Waals surface area contributed by atoms with Crippen LogP contribution >= 0.6 is 0 Å². The van der Waals surface area contributed by atoms with E-state index in [0.717, 1.165) is 22.6 Å². The third-order valence-corrected chi connectivity index (χ3v) is 10.7. The third kappa shape index (κ3) is 3.35. The molecular formula is C35H25N3Si. The lowest BCUT2D eigenvalue weighted by Crippen LogP contribution is -2.36. The quantitative estimate of drug-likeness (QED) is 0.241. The van der Waals surface area contributed by atoms with Crippen molar-refractivity contribution in [1.29, 1.82) is 0 Å². The molecule has 39 heavy (non-hydrogen) atoms. The van der Waals surface area contributed by atoms with E-state index in [1.165, 1.54) is 49.1 Å². The van der Waals surface area contributed by atoms with Gasteiger partial charge < -0.3 is 4.57 Å². The molecule has 0 saturated carbocycles. The number of hydrogen-bond acceptors (Lipinski definition) is 2. The summed E-state index contributed by atoms with van der Waals surface area (Å²) in [6.45, 7) is 2.40. The predicted molar refractivity (Wildman–Crippen MR) is 165 cm³/mol. The van der Waals surface area contributed by atoms with E-state index in [4.69, 9.17) is 9.97 Å². The first-order chi connectivity index (χ1) is 19.3. The molecule has 1 aliphatic heterocycles. The highest BCUT2D eigenvalue weighted by Gasteiger charge is 2.32. The number of hydrogen-bond donors (Lipinski definition) is 0. The van der Waals surface area contributed by atoms with E-state index >= 15 is 0 Å². The molecule has 184 valence electrons. The second kappa shape index (κ2) is 8.62. The summed E-state index contributed by atoms with van der Waals surface area (Å²) >= 11 is 0. The largest absolute Gasteiger partial charge is 0.309 e. The Balaban J connectivity index is 1.43. The van der Waals surface area contributed by atoms with Gasteiger partial charge >= 0.3 is 0 Å². The van der Waals surface area contributed by atoms with E-state index in [9.17, 15) is 0 Å². The van der Waals surface area contributed by atoms with Crippen molar-refractivity contribution in [3.05, 3.63) is 127 Å². The zero-order chi connectivity index (χ0) is 25.9. The normalized spacial score (nSPS) is 14.0. The van der Waals surface area contributed by atoms with Gasteiger partial charge in [0.25, 0.3) is 0 Å². The fraction of sp³-hybridized carbons (Fsp3) is 0.0286. The van der Waals surface area contributed by atoms with Crippen molar-refractivity contribution in [3.63, 3.8) is 0 Å². The molecule has 0 aliphatic carbocycles. The molecule has 2 aromatic heterocycles. The van der Waals surface area contributed by atoms with E-state index in [1.54, 1.807) is 0 Å². The van der Waals surface area contributed by atoms with Crippen molar-refractivity contribution >= 4 is 41.1 Å². The monoisotopic (exact) mass is 515 g/mol. The Kier molecular flexibility index (Phi) is 4.91. The van der Waals surface area contributed by atoms with Crippen molar-refractivity contribution < 1.29 is 0 Å². The molecule has 0 bridgehead atoms. The molecule has 0 amide bonds. The van der Waals surface area contributed by atoms with Crippen molar-refractivity contribution in [2.24, 2.45) is 0 Å². The molecular weight excluding hydrogens is 490 g/mol. The van der Waals surface area contributed by atoms with Gasteiger partial charge in [-0.05, 0) is 41.1 Å². The Morgan fingerprint density at radius 3 is 2.13 bits per heavy atom. The second-order valence-corrected chi connectivity index (χ2v) is 12.9. The van der Waals surface area contributed by atoms with E-state index in [1.807, 2.05) is 6.07 Å². The summed E-state index contributed by atoms with van der Waals surface area (Å²) < 4.78 is 2.36. The summed E-state index contributed by atoms with van der Waals surface area (Å²) in [4.78, 5) is 10.5.